The van der Waals surface area contributed by atoms with E-state index in [9.17, 15) is 14.0 Å². The van der Waals surface area contributed by atoms with Crippen molar-refractivity contribution in [2.24, 2.45) is 0 Å². The van der Waals surface area contributed by atoms with Gasteiger partial charge in [-0.2, -0.15) is 0 Å². The highest BCUT2D eigenvalue weighted by atomic mass is 19.1. The molecule has 1 amide bonds. The van der Waals surface area contributed by atoms with Gasteiger partial charge >= 0.3 is 5.97 Å². The third-order valence-corrected chi connectivity index (χ3v) is 4.79. The van der Waals surface area contributed by atoms with E-state index >= 15 is 0 Å². The first-order valence-electron chi connectivity index (χ1n) is 9.44. The summed E-state index contributed by atoms with van der Waals surface area (Å²) in [5.74, 6) is -0.875. The SMILES string of the molecule is O=C(COC(=O)C=Cc1cccc(F)c1)Nc1ccc2c(c1)OC1(CCCC1)O2. The Labute approximate surface area is 167 Å². The lowest BCUT2D eigenvalue weighted by molar-refractivity contribution is -0.142. The maximum atomic E-state index is 13.1. The van der Waals surface area contributed by atoms with Gasteiger partial charge in [-0.25, -0.2) is 9.18 Å². The maximum Gasteiger partial charge on any atom is 0.331 e. The number of amides is 1. The second-order valence-electron chi connectivity index (χ2n) is 7.03. The standard InChI is InChI=1S/C22H20FNO5/c23-16-5-3-4-15(12-16)6-9-21(26)27-14-20(25)24-17-7-8-18-19(13-17)29-22(28-18)10-1-2-11-22/h3-9,12-13H,1-2,10-11,14H2,(H,24,25). The number of esters is 1. The predicted octanol–water partition coefficient (Wildman–Crippen LogP) is 4.06. The summed E-state index contributed by atoms with van der Waals surface area (Å²) < 4.78 is 29.9. The molecule has 29 heavy (non-hydrogen) atoms. The minimum absolute atomic E-state index is 0.400. The summed E-state index contributed by atoms with van der Waals surface area (Å²) in [7, 11) is 0. The van der Waals surface area contributed by atoms with Gasteiger partial charge in [0.2, 0.25) is 0 Å². The van der Waals surface area contributed by atoms with Crippen molar-refractivity contribution in [1.82, 2.24) is 0 Å². The van der Waals surface area contributed by atoms with Crippen molar-refractivity contribution in [2.45, 2.75) is 31.5 Å². The molecule has 0 atom stereocenters. The fourth-order valence-electron chi connectivity index (χ4n) is 3.45. The highest BCUT2D eigenvalue weighted by Crippen LogP contribution is 2.47. The number of ether oxygens (including phenoxy) is 3. The lowest BCUT2D eigenvalue weighted by Crippen LogP contribution is -2.34. The molecule has 0 unspecified atom stereocenters. The van der Waals surface area contributed by atoms with E-state index < -0.39 is 30.1 Å². The third-order valence-electron chi connectivity index (χ3n) is 4.79. The molecule has 2 aromatic carbocycles. The molecule has 1 aliphatic carbocycles. The van der Waals surface area contributed by atoms with Crippen molar-refractivity contribution in [3.63, 3.8) is 0 Å². The summed E-state index contributed by atoms with van der Waals surface area (Å²) in [4.78, 5) is 23.8. The van der Waals surface area contributed by atoms with E-state index in [-0.39, 0.29) is 0 Å². The van der Waals surface area contributed by atoms with Crippen molar-refractivity contribution < 1.29 is 28.2 Å². The van der Waals surface area contributed by atoms with E-state index in [4.69, 9.17) is 14.2 Å². The van der Waals surface area contributed by atoms with Crippen molar-refractivity contribution in [2.75, 3.05) is 11.9 Å². The zero-order valence-corrected chi connectivity index (χ0v) is 15.7. The highest BCUT2D eigenvalue weighted by Gasteiger charge is 2.44. The zero-order chi connectivity index (χ0) is 20.3. The monoisotopic (exact) mass is 397 g/mol. The van der Waals surface area contributed by atoms with Gasteiger partial charge in [-0.15, -0.1) is 0 Å². The quantitative estimate of drug-likeness (QED) is 0.608. The summed E-state index contributed by atoms with van der Waals surface area (Å²) in [5, 5.41) is 2.66. The van der Waals surface area contributed by atoms with Crippen LogP contribution in [0.4, 0.5) is 10.1 Å². The number of hydrogen-bond donors (Lipinski definition) is 1. The molecule has 1 saturated carbocycles. The molecule has 0 aromatic heterocycles. The van der Waals surface area contributed by atoms with Crippen LogP contribution in [0.5, 0.6) is 11.5 Å². The van der Waals surface area contributed by atoms with Crippen molar-refractivity contribution in [3.05, 3.63) is 59.9 Å². The number of carbonyl (C=O) groups is 2. The number of nitrogens with one attached hydrogen (secondary N) is 1. The maximum absolute atomic E-state index is 13.1. The molecule has 4 rings (SSSR count). The molecule has 1 fully saturated rings. The van der Waals surface area contributed by atoms with E-state index in [1.165, 1.54) is 24.3 Å². The molecule has 1 N–H and O–H groups in total. The Morgan fingerprint density at radius 1 is 1.10 bits per heavy atom. The van der Waals surface area contributed by atoms with Crippen LogP contribution in [0.1, 0.15) is 31.2 Å². The van der Waals surface area contributed by atoms with Crippen molar-refractivity contribution in [3.8, 4) is 11.5 Å². The van der Waals surface area contributed by atoms with E-state index in [1.807, 2.05) is 0 Å². The fraction of sp³-hybridized carbons (Fsp3) is 0.273. The first kappa shape index (κ1) is 19.0. The lowest BCUT2D eigenvalue weighted by atomic mass is 10.2. The smallest absolute Gasteiger partial charge is 0.331 e. The largest absolute Gasteiger partial charge is 0.452 e. The average molecular weight is 397 g/mol. The van der Waals surface area contributed by atoms with Crippen LogP contribution in [0.3, 0.4) is 0 Å². The number of carbonyl (C=O) groups excluding carboxylic acids is 2. The molecule has 6 nitrogen and oxygen atoms in total. The molecule has 150 valence electrons. The molecule has 0 saturated heterocycles. The van der Waals surface area contributed by atoms with E-state index in [2.05, 4.69) is 5.32 Å². The van der Waals surface area contributed by atoms with Gasteiger partial charge in [-0.05, 0) is 48.7 Å². The summed E-state index contributed by atoms with van der Waals surface area (Å²) in [6.07, 6.45) is 6.39. The van der Waals surface area contributed by atoms with E-state index in [0.717, 1.165) is 31.8 Å². The Hall–Kier alpha value is -3.35. The Morgan fingerprint density at radius 2 is 1.90 bits per heavy atom. The summed E-state index contributed by atoms with van der Waals surface area (Å²) in [5.41, 5.74) is 1.05. The molecule has 0 radical (unpaired) electrons. The van der Waals surface area contributed by atoms with Gasteiger partial charge in [0, 0.05) is 30.7 Å². The Balaban J connectivity index is 1.28. The molecule has 2 aliphatic rings. The van der Waals surface area contributed by atoms with Crippen LogP contribution >= 0.6 is 0 Å². The summed E-state index contributed by atoms with van der Waals surface area (Å²) >= 11 is 0. The third kappa shape index (κ3) is 4.56. The molecule has 7 heteroatoms. The zero-order valence-electron chi connectivity index (χ0n) is 15.7. The average Bonchev–Trinajstić information content (AvgIpc) is 3.30. The lowest BCUT2D eigenvalue weighted by Gasteiger charge is -2.21. The highest BCUT2D eigenvalue weighted by molar-refractivity contribution is 5.94. The Bertz CT molecular complexity index is 965. The molecular weight excluding hydrogens is 377 g/mol. The van der Waals surface area contributed by atoms with Crippen LogP contribution in [0.25, 0.3) is 6.08 Å². The van der Waals surface area contributed by atoms with Gasteiger partial charge in [0.15, 0.2) is 18.1 Å². The van der Waals surface area contributed by atoms with Crippen molar-refractivity contribution in [1.29, 1.82) is 0 Å². The van der Waals surface area contributed by atoms with Gasteiger partial charge in [-0.1, -0.05) is 12.1 Å². The second kappa shape index (κ2) is 7.95. The van der Waals surface area contributed by atoms with Gasteiger partial charge in [0.05, 0.1) is 0 Å². The van der Waals surface area contributed by atoms with Gasteiger partial charge in [0.25, 0.3) is 11.7 Å². The number of halogens is 1. The van der Waals surface area contributed by atoms with Gasteiger partial charge in [-0.3, -0.25) is 4.79 Å². The fourth-order valence-corrected chi connectivity index (χ4v) is 3.45. The Morgan fingerprint density at radius 3 is 2.69 bits per heavy atom. The number of rotatable bonds is 5. The van der Waals surface area contributed by atoms with Crippen LogP contribution in [-0.4, -0.2) is 24.3 Å². The minimum atomic E-state index is -0.696. The van der Waals surface area contributed by atoms with Gasteiger partial charge in [0.1, 0.15) is 5.82 Å². The Kier molecular flexibility index (Phi) is 5.20. The van der Waals surface area contributed by atoms with Crippen molar-refractivity contribution >= 4 is 23.6 Å². The van der Waals surface area contributed by atoms with Crippen LogP contribution in [0.15, 0.2) is 48.5 Å². The number of hydrogen-bond acceptors (Lipinski definition) is 5. The summed E-state index contributed by atoms with van der Waals surface area (Å²) in [6.45, 7) is -0.440. The molecule has 0 bridgehead atoms. The number of fused-ring (bicyclic) bond motifs is 1. The molecule has 1 heterocycles. The normalized spacial score (nSPS) is 16.3. The minimum Gasteiger partial charge on any atom is -0.452 e. The second-order valence-corrected chi connectivity index (χ2v) is 7.03. The molecule has 2 aromatic rings. The number of anilines is 1. The molecule has 1 spiro atoms. The van der Waals surface area contributed by atoms with E-state index in [1.54, 1.807) is 24.3 Å². The first-order valence-corrected chi connectivity index (χ1v) is 9.44. The van der Waals surface area contributed by atoms with E-state index in [0.29, 0.717) is 22.7 Å². The van der Waals surface area contributed by atoms with Crippen LogP contribution in [0.2, 0.25) is 0 Å². The number of benzene rings is 2. The molecule has 1 aliphatic heterocycles. The van der Waals surface area contributed by atoms with Gasteiger partial charge < -0.3 is 19.5 Å². The summed E-state index contributed by atoms with van der Waals surface area (Å²) in [6, 6.07) is 10.9. The van der Waals surface area contributed by atoms with Crippen LogP contribution < -0.4 is 14.8 Å². The van der Waals surface area contributed by atoms with Crippen LogP contribution in [-0.2, 0) is 14.3 Å². The molecular formula is C22H20FNO5. The van der Waals surface area contributed by atoms with Crippen LogP contribution in [0, 0.1) is 5.82 Å². The first-order chi connectivity index (χ1) is 14.0. The topological polar surface area (TPSA) is 73.9 Å². The predicted molar refractivity (Wildman–Crippen MR) is 104 cm³/mol.